The van der Waals surface area contributed by atoms with Crippen LogP contribution in [0.3, 0.4) is 0 Å². The van der Waals surface area contributed by atoms with Gasteiger partial charge in [-0.3, -0.25) is 9.78 Å². The predicted molar refractivity (Wildman–Crippen MR) is 147 cm³/mol. The second kappa shape index (κ2) is 10.6. The Morgan fingerprint density at radius 2 is 2.00 bits per heavy atom. The van der Waals surface area contributed by atoms with Crippen LogP contribution in [-0.2, 0) is 21.4 Å². The molecular formula is C29H36N4O4S. The maximum atomic E-state index is 13.7. The maximum absolute atomic E-state index is 13.7. The topological polar surface area (TPSA) is 101 Å². The van der Waals surface area contributed by atoms with Crippen molar-refractivity contribution in [2.24, 2.45) is 0 Å². The number of nitrogens with zero attached hydrogens (tertiary/aromatic N) is 2. The molecule has 1 aromatic heterocycles. The minimum absolute atomic E-state index is 0.0136. The summed E-state index contributed by atoms with van der Waals surface area (Å²) in [6, 6.07) is 12.6. The highest BCUT2D eigenvalue weighted by molar-refractivity contribution is 7.89. The van der Waals surface area contributed by atoms with Crippen molar-refractivity contribution in [3.8, 4) is 5.75 Å². The third-order valence-corrected chi connectivity index (χ3v) is 9.26. The number of pyridine rings is 1. The second-order valence-corrected chi connectivity index (χ2v) is 13.1. The Balaban J connectivity index is 1.28. The van der Waals surface area contributed by atoms with Crippen molar-refractivity contribution in [1.29, 1.82) is 0 Å². The number of fused-ring (bicyclic) bond motifs is 2. The van der Waals surface area contributed by atoms with Crippen molar-refractivity contribution in [3.05, 3.63) is 66.0 Å². The molecule has 3 heterocycles. The van der Waals surface area contributed by atoms with Crippen LogP contribution in [0.4, 0.5) is 0 Å². The van der Waals surface area contributed by atoms with Crippen LogP contribution >= 0.6 is 0 Å². The molecule has 2 aliphatic heterocycles. The summed E-state index contributed by atoms with van der Waals surface area (Å²) in [7, 11) is -3.76. The number of nitrogens with one attached hydrogen (secondary N) is 2. The number of hydrogen-bond donors (Lipinski definition) is 2. The predicted octanol–water partition coefficient (Wildman–Crippen LogP) is 4.31. The number of amides is 1. The van der Waals surface area contributed by atoms with Gasteiger partial charge in [0.05, 0.1) is 17.5 Å². The van der Waals surface area contributed by atoms with Crippen LogP contribution in [0.5, 0.6) is 5.75 Å². The van der Waals surface area contributed by atoms with Gasteiger partial charge in [0.25, 0.3) is 0 Å². The average molecular weight is 537 g/mol. The molecule has 202 valence electrons. The number of hydrogen-bond acceptors (Lipinski definition) is 6. The molecule has 1 saturated heterocycles. The first-order valence-electron chi connectivity index (χ1n) is 13.3. The van der Waals surface area contributed by atoms with Gasteiger partial charge in [0, 0.05) is 66.2 Å². The van der Waals surface area contributed by atoms with Crippen molar-refractivity contribution < 1.29 is 17.9 Å². The zero-order valence-electron chi connectivity index (χ0n) is 22.2. The smallest absolute Gasteiger partial charge is 0.243 e. The molecule has 0 bridgehead atoms. The molecule has 9 heteroatoms. The molecule has 0 aliphatic carbocycles. The molecule has 2 aromatic carbocycles. The number of carbonyl (C=O) groups is 1. The molecule has 5 rings (SSSR count). The summed E-state index contributed by atoms with van der Waals surface area (Å²) in [6.07, 6.45) is 5.47. The number of sulfonamides is 1. The van der Waals surface area contributed by atoms with E-state index in [0.717, 1.165) is 35.2 Å². The minimum Gasteiger partial charge on any atom is -0.493 e. The van der Waals surface area contributed by atoms with E-state index in [1.54, 1.807) is 30.6 Å². The average Bonchev–Trinajstić information content (AvgIpc) is 3.35. The summed E-state index contributed by atoms with van der Waals surface area (Å²) >= 11 is 0. The molecule has 0 saturated carbocycles. The Bertz CT molecular complexity index is 1430. The van der Waals surface area contributed by atoms with Gasteiger partial charge in [-0.15, -0.1) is 0 Å². The fourth-order valence-electron chi connectivity index (χ4n) is 5.30. The molecule has 2 aliphatic rings. The molecule has 1 fully saturated rings. The largest absolute Gasteiger partial charge is 0.493 e. The fraction of sp³-hybridized carbons (Fsp3) is 0.448. The molecule has 2 atom stereocenters. The van der Waals surface area contributed by atoms with E-state index in [1.165, 1.54) is 4.31 Å². The number of aromatic nitrogens is 1. The zero-order valence-corrected chi connectivity index (χ0v) is 23.1. The van der Waals surface area contributed by atoms with Gasteiger partial charge < -0.3 is 15.4 Å². The van der Waals surface area contributed by atoms with Gasteiger partial charge in [0.2, 0.25) is 15.9 Å². The third-order valence-electron chi connectivity index (χ3n) is 7.25. The van der Waals surface area contributed by atoms with Crippen molar-refractivity contribution in [1.82, 2.24) is 19.9 Å². The van der Waals surface area contributed by atoms with Gasteiger partial charge in [-0.25, -0.2) is 8.42 Å². The van der Waals surface area contributed by atoms with Crippen molar-refractivity contribution in [2.45, 2.75) is 75.5 Å². The van der Waals surface area contributed by atoms with Gasteiger partial charge in [0.15, 0.2) is 0 Å². The van der Waals surface area contributed by atoms with Crippen molar-refractivity contribution >= 4 is 26.7 Å². The summed E-state index contributed by atoms with van der Waals surface area (Å²) < 4.78 is 34.8. The maximum Gasteiger partial charge on any atom is 0.243 e. The van der Waals surface area contributed by atoms with Gasteiger partial charge in [-0.1, -0.05) is 24.3 Å². The first-order valence-corrected chi connectivity index (χ1v) is 14.7. The van der Waals surface area contributed by atoms with Crippen LogP contribution in [0.2, 0.25) is 0 Å². The monoisotopic (exact) mass is 536 g/mol. The Morgan fingerprint density at radius 3 is 2.82 bits per heavy atom. The highest BCUT2D eigenvalue weighted by atomic mass is 32.2. The normalized spacial score (nSPS) is 20.2. The van der Waals surface area contributed by atoms with Crippen molar-refractivity contribution in [3.63, 3.8) is 0 Å². The summed E-state index contributed by atoms with van der Waals surface area (Å²) in [5.41, 5.74) is 2.10. The lowest BCUT2D eigenvalue weighted by Crippen LogP contribution is -2.40. The molecule has 0 radical (unpaired) electrons. The summed E-state index contributed by atoms with van der Waals surface area (Å²) in [5, 5.41) is 8.06. The van der Waals surface area contributed by atoms with Crippen LogP contribution in [0.1, 0.15) is 63.6 Å². The summed E-state index contributed by atoms with van der Waals surface area (Å²) in [5.74, 6) is 0.654. The number of carbonyl (C=O) groups excluding carboxylic acids is 1. The SMILES string of the molecule is CC(C)(C)NCc1ccc2c(c1)OCCC2NC(=O)CC1CCCN1S(=O)(=O)c1cccc2cnccc12. The molecule has 3 aromatic rings. The van der Waals surface area contributed by atoms with Gasteiger partial charge in [-0.2, -0.15) is 4.31 Å². The van der Waals surface area contributed by atoms with E-state index < -0.39 is 10.0 Å². The first-order chi connectivity index (χ1) is 18.1. The molecule has 2 unspecified atom stereocenters. The summed E-state index contributed by atoms with van der Waals surface area (Å²) in [4.78, 5) is 17.6. The minimum atomic E-state index is -3.76. The van der Waals surface area contributed by atoms with Gasteiger partial charge in [0.1, 0.15) is 5.75 Å². The summed E-state index contributed by atoms with van der Waals surface area (Å²) in [6.45, 7) is 8.05. The Kier molecular flexibility index (Phi) is 7.44. The van der Waals surface area contributed by atoms with E-state index in [9.17, 15) is 13.2 Å². The van der Waals surface area contributed by atoms with Crippen LogP contribution < -0.4 is 15.4 Å². The molecular weight excluding hydrogens is 500 g/mol. The Morgan fingerprint density at radius 1 is 1.16 bits per heavy atom. The van der Waals surface area contributed by atoms with Crippen LogP contribution in [0, 0.1) is 0 Å². The fourth-order valence-corrected chi connectivity index (χ4v) is 7.21. The van der Waals surface area contributed by atoms with Gasteiger partial charge >= 0.3 is 0 Å². The molecule has 1 amide bonds. The van der Waals surface area contributed by atoms with Crippen LogP contribution in [0.15, 0.2) is 59.8 Å². The lowest BCUT2D eigenvalue weighted by Gasteiger charge is -2.29. The van der Waals surface area contributed by atoms with E-state index in [2.05, 4.69) is 42.5 Å². The van der Waals surface area contributed by atoms with Gasteiger partial charge in [-0.05, 0) is 57.4 Å². The highest BCUT2D eigenvalue weighted by Gasteiger charge is 2.37. The molecule has 2 N–H and O–H groups in total. The van der Waals surface area contributed by atoms with E-state index in [0.29, 0.717) is 31.4 Å². The lowest BCUT2D eigenvalue weighted by molar-refractivity contribution is -0.122. The highest BCUT2D eigenvalue weighted by Crippen LogP contribution is 2.34. The Hall–Kier alpha value is -3.01. The third kappa shape index (κ3) is 5.70. The first kappa shape index (κ1) is 26.6. The van der Waals surface area contributed by atoms with Crippen LogP contribution in [0.25, 0.3) is 10.8 Å². The van der Waals surface area contributed by atoms with E-state index >= 15 is 0 Å². The number of ether oxygens (including phenoxy) is 1. The zero-order chi connectivity index (χ0) is 26.9. The molecule has 8 nitrogen and oxygen atoms in total. The van der Waals surface area contributed by atoms with E-state index in [-0.39, 0.29) is 34.8 Å². The Labute approximate surface area is 224 Å². The van der Waals surface area contributed by atoms with Crippen LogP contribution in [-0.4, -0.2) is 48.3 Å². The number of benzene rings is 2. The molecule has 38 heavy (non-hydrogen) atoms. The quantitative estimate of drug-likeness (QED) is 0.467. The van der Waals surface area contributed by atoms with E-state index in [4.69, 9.17) is 4.74 Å². The standard InChI is InChI=1S/C29H36N4O4S/c1-29(2,3)31-18-20-9-10-24-25(12-15-37-26(24)16-20)32-28(34)17-22-7-5-14-33(22)38(35,36)27-8-4-6-21-19-30-13-11-23(21)27/h4,6,8-11,13,16,19,22,25,31H,5,7,12,14-15,17-18H2,1-3H3,(H,32,34). The number of rotatable bonds is 7. The van der Waals surface area contributed by atoms with Crippen molar-refractivity contribution in [2.75, 3.05) is 13.2 Å². The second-order valence-electron chi connectivity index (χ2n) is 11.2. The lowest BCUT2D eigenvalue weighted by atomic mass is 9.98. The van der Waals surface area contributed by atoms with E-state index in [1.807, 2.05) is 18.2 Å². The molecule has 0 spiro atoms.